The molecular formula is C30H44N4O9S. The second-order valence-electron chi connectivity index (χ2n) is 12.1. The molecule has 3 aliphatic carbocycles. The predicted molar refractivity (Wildman–Crippen MR) is 161 cm³/mol. The summed E-state index contributed by atoms with van der Waals surface area (Å²) in [7, 11) is 1.65. The van der Waals surface area contributed by atoms with Gasteiger partial charge in [0.05, 0.1) is 4.75 Å². The Morgan fingerprint density at radius 1 is 1.09 bits per heavy atom. The number of hydrogen-bond acceptors (Lipinski definition) is 10. The zero-order chi connectivity index (χ0) is 32.1. The van der Waals surface area contributed by atoms with E-state index in [-0.39, 0.29) is 42.6 Å². The third-order valence-corrected chi connectivity index (χ3v) is 11.5. The summed E-state index contributed by atoms with van der Waals surface area (Å²) >= 11 is 1.46. The number of allylic oxidation sites excluding steroid dienone is 1. The third-order valence-electron chi connectivity index (χ3n) is 9.69. The van der Waals surface area contributed by atoms with Gasteiger partial charge in [-0.05, 0) is 68.9 Å². The zero-order valence-electron chi connectivity index (χ0n) is 25.2. The number of hydrogen-bond donors (Lipinski definition) is 7. The number of carboxylic acids is 2. The molecule has 244 valence electrons. The lowest BCUT2D eigenvalue weighted by Gasteiger charge is -2.52. The van der Waals surface area contributed by atoms with E-state index in [2.05, 4.69) is 22.9 Å². The molecule has 0 unspecified atom stereocenters. The van der Waals surface area contributed by atoms with Crippen LogP contribution in [0.25, 0.3) is 0 Å². The number of ether oxygens (including phenoxy) is 1. The van der Waals surface area contributed by atoms with Crippen molar-refractivity contribution in [2.45, 2.75) is 94.2 Å². The molecule has 7 N–H and O–H groups in total. The highest BCUT2D eigenvalue weighted by atomic mass is 32.2. The lowest BCUT2D eigenvalue weighted by Crippen LogP contribution is -2.55. The van der Waals surface area contributed by atoms with Crippen LogP contribution < -0.4 is 21.3 Å². The van der Waals surface area contributed by atoms with Gasteiger partial charge in [0, 0.05) is 18.8 Å². The van der Waals surface area contributed by atoms with Crippen molar-refractivity contribution in [1.29, 1.82) is 0 Å². The first-order valence-corrected chi connectivity index (χ1v) is 16.4. The van der Waals surface area contributed by atoms with Gasteiger partial charge < -0.3 is 36.0 Å². The maximum atomic E-state index is 13.3. The van der Waals surface area contributed by atoms with Crippen molar-refractivity contribution < 1.29 is 44.0 Å². The van der Waals surface area contributed by atoms with Crippen molar-refractivity contribution >= 4 is 41.5 Å². The molecule has 0 spiro atoms. The summed E-state index contributed by atoms with van der Waals surface area (Å²) in [6.07, 6.45) is 8.65. The van der Waals surface area contributed by atoms with Crippen LogP contribution in [0.3, 0.4) is 0 Å². The molecule has 14 heteroatoms. The minimum Gasteiger partial charge on any atom is -0.480 e. The van der Waals surface area contributed by atoms with E-state index in [1.165, 1.54) is 11.8 Å². The van der Waals surface area contributed by atoms with Crippen molar-refractivity contribution in [3.63, 3.8) is 0 Å². The molecule has 1 saturated carbocycles. The van der Waals surface area contributed by atoms with Gasteiger partial charge in [0.2, 0.25) is 18.0 Å². The molecule has 0 radical (unpaired) electrons. The van der Waals surface area contributed by atoms with E-state index in [9.17, 15) is 34.2 Å². The number of aliphatic carboxylic acids is 2. The van der Waals surface area contributed by atoms with Gasteiger partial charge in [-0.15, -0.1) is 11.8 Å². The Morgan fingerprint density at radius 2 is 1.82 bits per heavy atom. The molecule has 44 heavy (non-hydrogen) atoms. The molecule has 0 bridgehead atoms. The van der Waals surface area contributed by atoms with Crippen LogP contribution in [0.15, 0.2) is 23.5 Å². The van der Waals surface area contributed by atoms with Gasteiger partial charge in [0.15, 0.2) is 0 Å². The lowest BCUT2D eigenvalue weighted by molar-refractivity contribution is -0.151. The fourth-order valence-electron chi connectivity index (χ4n) is 7.38. The highest BCUT2D eigenvalue weighted by Gasteiger charge is 2.61. The molecule has 0 aromatic carbocycles. The minimum absolute atomic E-state index is 0.0194. The van der Waals surface area contributed by atoms with Crippen LogP contribution in [-0.2, 0) is 28.7 Å². The van der Waals surface area contributed by atoms with Crippen molar-refractivity contribution in [3.05, 3.63) is 23.5 Å². The van der Waals surface area contributed by atoms with Gasteiger partial charge in [0.25, 0.3) is 0 Å². The standard InChI is InChI=1S/C30H44N4O9S/c1-3-29(12-4-5-13-29)30(14-11-17-7-6-8-18-22(17)23(30)43-28(18)42)44-15-20(24(36)34-25(37)27(40)41)33-21(35)10-9-19(26(38)39)32-16-31-2/h6,8,17-20,25,31-32,37H,3-5,7,9-16H2,1-2H3,(H,33,35)(H,34,36)(H,38,39)(H,40,41)/t17-,18-,19+,20+,25+,30+/m1/s1. The van der Waals surface area contributed by atoms with E-state index < -0.39 is 52.7 Å². The van der Waals surface area contributed by atoms with Crippen LogP contribution in [0, 0.1) is 17.3 Å². The number of thioether (sulfide) groups is 1. The Bertz CT molecular complexity index is 1200. The lowest BCUT2D eigenvalue weighted by atomic mass is 9.62. The van der Waals surface area contributed by atoms with Crippen molar-refractivity contribution in [1.82, 2.24) is 21.3 Å². The second-order valence-corrected chi connectivity index (χ2v) is 13.4. The van der Waals surface area contributed by atoms with Gasteiger partial charge in [-0.3, -0.25) is 24.5 Å². The number of carbonyl (C=O) groups excluding carboxylic acids is 3. The van der Waals surface area contributed by atoms with E-state index in [1.807, 2.05) is 17.5 Å². The average molecular weight is 637 g/mol. The number of nitrogens with one attached hydrogen (secondary N) is 4. The maximum absolute atomic E-state index is 13.3. The van der Waals surface area contributed by atoms with E-state index in [4.69, 9.17) is 9.84 Å². The predicted octanol–water partition coefficient (Wildman–Crippen LogP) is 1.23. The number of carbonyl (C=O) groups is 5. The maximum Gasteiger partial charge on any atom is 0.353 e. The number of esters is 1. The smallest absolute Gasteiger partial charge is 0.353 e. The van der Waals surface area contributed by atoms with E-state index >= 15 is 0 Å². The van der Waals surface area contributed by atoms with Crippen LogP contribution >= 0.6 is 11.8 Å². The summed E-state index contributed by atoms with van der Waals surface area (Å²) < 4.78 is 5.48. The Hall–Kier alpha value is -2.94. The average Bonchev–Trinajstić information content (AvgIpc) is 3.63. The first-order valence-electron chi connectivity index (χ1n) is 15.4. The highest BCUT2D eigenvalue weighted by molar-refractivity contribution is 8.01. The van der Waals surface area contributed by atoms with E-state index in [0.29, 0.717) is 5.76 Å². The van der Waals surface area contributed by atoms with E-state index in [0.717, 1.165) is 56.9 Å². The second kappa shape index (κ2) is 14.4. The summed E-state index contributed by atoms with van der Waals surface area (Å²) in [6, 6.07) is -2.25. The van der Waals surface area contributed by atoms with Gasteiger partial charge in [-0.25, -0.2) is 4.79 Å². The van der Waals surface area contributed by atoms with Crippen molar-refractivity contribution in [3.8, 4) is 0 Å². The Morgan fingerprint density at radius 3 is 2.45 bits per heavy atom. The molecular weight excluding hydrogens is 592 g/mol. The summed E-state index contributed by atoms with van der Waals surface area (Å²) in [6.45, 7) is 2.35. The largest absolute Gasteiger partial charge is 0.480 e. The molecule has 6 atom stereocenters. The molecule has 2 amide bonds. The van der Waals surface area contributed by atoms with Crippen molar-refractivity contribution in [2.24, 2.45) is 17.3 Å². The SMILES string of the molecule is CCC1([C@]2(SC[C@H](NC(=O)CC[C@H](NCNC)C(=O)O)C(=O)N[C@@H](O)C(=O)O)CC[C@H]3CC=C[C@H]4C(=O)OC2=C34)CCCC1. The molecule has 1 heterocycles. The van der Waals surface area contributed by atoms with Gasteiger partial charge in [0.1, 0.15) is 23.8 Å². The first kappa shape index (κ1) is 33.9. The topological polar surface area (TPSA) is 203 Å². The Kier molecular flexibility index (Phi) is 11.1. The third kappa shape index (κ3) is 6.82. The quantitative estimate of drug-likeness (QED) is 0.0726. The van der Waals surface area contributed by atoms with Crippen LogP contribution in [0.1, 0.15) is 71.1 Å². The molecule has 4 aliphatic rings. The van der Waals surface area contributed by atoms with Gasteiger partial charge in [-0.2, -0.15) is 0 Å². The van der Waals surface area contributed by atoms with Gasteiger partial charge >= 0.3 is 17.9 Å². The van der Waals surface area contributed by atoms with Crippen LogP contribution in [0.5, 0.6) is 0 Å². The molecule has 0 saturated heterocycles. The molecule has 0 aromatic heterocycles. The minimum atomic E-state index is -2.18. The number of aliphatic hydroxyl groups excluding tert-OH is 1. The molecule has 4 rings (SSSR count). The normalized spacial score (nSPS) is 27.2. The summed E-state index contributed by atoms with van der Waals surface area (Å²) in [5.74, 6) is -4.04. The van der Waals surface area contributed by atoms with Crippen molar-refractivity contribution in [2.75, 3.05) is 19.5 Å². The fourth-order valence-corrected chi connectivity index (χ4v) is 9.27. The number of amides is 2. The molecule has 1 aliphatic heterocycles. The molecule has 13 nitrogen and oxygen atoms in total. The van der Waals surface area contributed by atoms with E-state index in [1.54, 1.807) is 7.05 Å². The summed E-state index contributed by atoms with van der Waals surface area (Å²) in [5.41, 5.74) is 0.816. The zero-order valence-corrected chi connectivity index (χ0v) is 26.0. The van der Waals surface area contributed by atoms with Crippen LogP contribution in [-0.4, -0.2) is 87.6 Å². The first-order chi connectivity index (χ1) is 21.0. The number of carboxylic acid groups (broad SMARTS) is 2. The molecule has 0 aromatic rings. The fraction of sp³-hybridized carbons (Fsp3) is 0.700. The Labute approximate surface area is 261 Å². The summed E-state index contributed by atoms with van der Waals surface area (Å²) in [4.78, 5) is 62.3. The number of aliphatic hydroxyl groups is 1. The van der Waals surface area contributed by atoms with Crippen LogP contribution in [0.4, 0.5) is 0 Å². The van der Waals surface area contributed by atoms with Gasteiger partial charge in [-0.1, -0.05) is 31.9 Å². The number of rotatable bonds is 16. The van der Waals surface area contributed by atoms with Crippen LogP contribution in [0.2, 0.25) is 0 Å². The Balaban J connectivity index is 1.61. The monoisotopic (exact) mass is 636 g/mol. The molecule has 1 fully saturated rings. The highest BCUT2D eigenvalue weighted by Crippen LogP contribution is 2.65. The summed E-state index contributed by atoms with van der Waals surface area (Å²) in [5, 5.41) is 38.8.